The number of ether oxygens (including phenoxy) is 1. The number of imidazole rings is 1. The molecule has 1 atom stereocenters. The van der Waals surface area contributed by atoms with E-state index in [0.29, 0.717) is 0 Å². The number of nitrogens with zero attached hydrogens (tertiary/aromatic N) is 2. The highest BCUT2D eigenvalue weighted by atomic mass is 35.5. The van der Waals surface area contributed by atoms with Gasteiger partial charge >= 0.3 is 0 Å². The number of rotatable bonds is 6. The Bertz CT molecular complexity index is 627. The Morgan fingerprint density at radius 1 is 1.38 bits per heavy atom. The molecule has 24 heavy (non-hydrogen) atoms. The average molecular weight is 349 g/mol. The van der Waals surface area contributed by atoms with Gasteiger partial charge < -0.3 is 15.0 Å². The van der Waals surface area contributed by atoms with Crippen molar-refractivity contribution in [2.45, 2.75) is 32.0 Å². The molecule has 0 spiro atoms. The molecule has 0 unspecified atom stereocenters. The van der Waals surface area contributed by atoms with Gasteiger partial charge in [-0.05, 0) is 31.5 Å². The van der Waals surface area contributed by atoms with E-state index in [1.807, 2.05) is 18.3 Å². The fourth-order valence-corrected chi connectivity index (χ4v) is 3.31. The first-order chi connectivity index (χ1) is 11.5. The number of morpholine rings is 1. The lowest BCUT2D eigenvalue weighted by atomic mass is 10.0. The third kappa shape index (κ3) is 4.57. The highest BCUT2D eigenvalue weighted by molar-refractivity contribution is 6.30. The van der Waals surface area contributed by atoms with Gasteiger partial charge in [0.2, 0.25) is 0 Å². The maximum atomic E-state index is 6.06. The SMILES string of the molecule is CC1(C)CN([C@@H](CNCc2ncc[nH]2)c2ccc(Cl)cc2)CCO1. The molecule has 130 valence electrons. The van der Waals surface area contributed by atoms with Gasteiger partial charge in [0.15, 0.2) is 0 Å². The third-order valence-corrected chi connectivity index (χ3v) is 4.59. The molecule has 3 rings (SSSR count). The summed E-state index contributed by atoms with van der Waals surface area (Å²) in [5.74, 6) is 0.951. The molecule has 0 bridgehead atoms. The Morgan fingerprint density at radius 3 is 2.83 bits per heavy atom. The minimum Gasteiger partial charge on any atom is -0.373 e. The number of H-pyrrole nitrogens is 1. The molecule has 0 radical (unpaired) electrons. The Balaban J connectivity index is 1.71. The molecule has 1 fully saturated rings. The number of aromatic amines is 1. The van der Waals surface area contributed by atoms with E-state index in [2.05, 4.69) is 46.2 Å². The molecule has 6 heteroatoms. The van der Waals surface area contributed by atoms with Gasteiger partial charge in [-0.1, -0.05) is 23.7 Å². The molecule has 1 aliphatic rings. The number of nitrogens with one attached hydrogen (secondary N) is 2. The monoisotopic (exact) mass is 348 g/mol. The first-order valence-electron chi connectivity index (χ1n) is 8.36. The topological polar surface area (TPSA) is 53.2 Å². The van der Waals surface area contributed by atoms with Crippen LogP contribution in [0.4, 0.5) is 0 Å². The summed E-state index contributed by atoms with van der Waals surface area (Å²) >= 11 is 6.06. The first kappa shape index (κ1) is 17.4. The van der Waals surface area contributed by atoms with Crippen molar-refractivity contribution in [3.8, 4) is 0 Å². The number of benzene rings is 1. The van der Waals surface area contributed by atoms with Crippen LogP contribution in [0.5, 0.6) is 0 Å². The van der Waals surface area contributed by atoms with E-state index in [9.17, 15) is 0 Å². The van der Waals surface area contributed by atoms with Gasteiger partial charge in [-0.25, -0.2) is 4.98 Å². The van der Waals surface area contributed by atoms with E-state index in [1.165, 1.54) is 5.56 Å². The van der Waals surface area contributed by atoms with Crippen molar-refractivity contribution in [2.75, 3.05) is 26.2 Å². The van der Waals surface area contributed by atoms with Crippen molar-refractivity contribution in [1.82, 2.24) is 20.2 Å². The minimum atomic E-state index is -0.121. The van der Waals surface area contributed by atoms with Crippen LogP contribution in [0.15, 0.2) is 36.7 Å². The minimum absolute atomic E-state index is 0.121. The second-order valence-corrected chi connectivity index (χ2v) is 7.25. The Morgan fingerprint density at radius 2 is 2.17 bits per heavy atom. The standard InChI is InChI=1S/C18H25ClN4O/c1-18(2)13-23(9-10-24-18)16(14-3-5-15(19)6-4-14)11-20-12-17-21-7-8-22-17/h3-8,16,20H,9-13H2,1-2H3,(H,21,22)/t16-/m0/s1. The maximum Gasteiger partial charge on any atom is 0.120 e. The predicted octanol–water partition coefficient (Wildman–Crippen LogP) is 3.00. The lowest BCUT2D eigenvalue weighted by molar-refractivity contribution is -0.0974. The molecule has 0 amide bonds. The Hall–Kier alpha value is -1.40. The average Bonchev–Trinajstić information content (AvgIpc) is 3.05. The van der Waals surface area contributed by atoms with Crippen LogP contribution < -0.4 is 5.32 Å². The molecule has 1 aromatic heterocycles. The van der Waals surface area contributed by atoms with Crippen molar-refractivity contribution in [3.63, 3.8) is 0 Å². The largest absolute Gasteiger partial charge is 0.373 e. The Labute approximate surface area is 148 Å². The van der Waals surface area contributed by atoms with Crippen LogP contribution in [0.2, 0.25) is 5.02 Å². The number of hydrogen-bond acceptors (Lipinski definition) is 4. The van der Waals surface area contributed by atoms with Gasteiger partial charge in [0.25, 0.3) is 0 Å². The van der Waals surface area contributed by atoms with E-state index in [1.54, 1.807) is 6.20 Å². The molecule has 1 saturated heterocycles. The zero-order chi connectivity index (χ0) is 17.0. The Kier molecular flexibility index (Phi) is 5.56. The number of aromatic nitrogens is 2. The van der Waals surface area contributed by atoms with Crippen LogP contribution >= 0.6 is 11.6 Å². The van der Waals surface area contributed by atoms with Gasteiger partial charge in [0, 0.05) is 43.1 Å². The normalized spacial score (nSPS) is 19.3. The van der Waals surface area contributed by atoms with Crippen molar-refractivity contribution < 1.29 is 4.74 Å². The van der Waals surface area contributed by atoms with E-state index >= 15 is 0 Å². The number of hydrogen-bond donors (Lipinski definition) is 2. The summed E-state index contributed by atoms with van der Waals surface area (Å²) in [4.78, 5) is 9.88. The summed E-state index contributed by atoms with van der Waals surface area (Å²) in [5.41, 5.74) is 1.15. The molecular weight excluding hydrogens is 324 g/mol. The molecule has 5 nitrogen and oxygen atoms in total. The first-order valence-corrected chi connectivity index (χ1v) is 8.74. The van der Waals surface area contributed by atoms with Crippen LogP contribution in [0.3, 0.4) is 0 Å². The van der Waals surface area contributed by atoms with E-state index in [-0.39, 0.29) is 11.6 Å². The summed E-state index contributed by atoms with van der Waals surface area (Å²) < 4.78 is 5.87. The van der Waals surface area contributed by atoms with Gasteiger partial charge in [-0.2, -0.15) is 0 Å². The lowest BCUT2D eigenvalue weighted by Crippen LogP contribution is -2.51. The van der Waals surface area contributed by atoms with E-state index in [4.69, 9.17) is 16.3 Å². The molecule has 2 aromatic rings. The number of halogens is 1. The van der Waals surface area contributed by atoms with Gasteiger partial charge in [0.05, 0.1) is 18.8 Å². The van der Waals surface area contributed by atoms with Crippen molar-refractivity contribution in [3.05, 3.63) is 53.1 Å². The summed E-state index contributed by atoms with van der Waals surface area (Å²) in [6.07, 6.45) is 3.62. The zero-order valence-corrected chi connectivity index (χ0v) is 15.0. The van der Waals surface area contributed by atoms with Gasteiger partial charge in [-0.15, -0.1) is 0 Å². The highest BCUT2D eigenvalue weighted by Crippen LogP contribution is 2.27. The van der Waals surface area contributed by atoms with Crippen molar-refractivity contribution >= 4 is 11.6 Å². The van der Waals surface area contributed by atoms with Crippen LogP contribution in [-0.4, -0.2) is 46.7 Å². The van der Waals surface area contributed by atoms with Gasteiger partial charge in [0.1, 0.15) is 5.82 Å². The lowest BCUT2D eigenvalue weighted by Gasteiger charge is -2.42. The fourth-order valence-electron chi connectivity index (χ4n) is 3.18. The third-order valence-electron chi connectivity index (χ3n) is 4.34. The quantitative estimate of drug-likeness (QED) is 0.842. The molecular formula is C18H25ClN4O. The summed E-state index contributed by atoms with van der Waals surface area (Å²) in [6, 6.07) is 8.43. The smallest absolute Gasteiger partial charge is 0.120 e. The van der Waals surface area contributed by atoms with E-state index in [0.717, 1.165) is 43.6 Å². The second-order valence-electron chi connectivity index (χ2n) is 6.81. The van der Waals surface area contributed by atoms with E-state index < -0.39 is 0 Å². The second kappa shape index (κ2) is 7.66. The molecule has 1 aliphatic heterocycles. The van der Waals surface area contributed by atoms with Gasteiger partial charge in [-0.3, -0.25) is 4.90 Å². The highest BCUT2D eigenvalue weighted by Gasteiger charge is 2.31. The molecule has 1 aromatic carbocycles. The maximum absolute atomic E-state index is 6.06. The van der Waals surface area contributed by atoms with Crippen LogP contribution in [0, 0.1) is 0 Å². The molecule has 2 N–H and O–H groups in total. The molecule has 2 heterocycles. The summed E-state index contributed by atoms with van der Waals surface area (Å²) in [6.45, 7) is 8.46. The molecule has 0 saturated carbocycles. The zero-order valence-electron chi connectivity index (χ0n) is 14.3. The van der Waals surface area contributed by atoms with Crippen molar-refractivity contribution in [2.24, 2.45) is 0 Å². The van der Waals surface area contributed by atoms with Crippen LogP contribution in [0.1, 0.15) is 31.3 Å². The summed E-state index contributed by atoms with van der Waals surface area (Å²) in [7, 11) is 0. The molecule has 0 aliphatic carbocycles. The van der Waals surface area contributed by atoms with Crippen molar-refractivity contribution in [1.29, 1.82) is 0 Å². The van der Waals surface area contributed by atoms with Crippen LogP contribution in [-0.2, 0) is 11.3 Å². The van der Waals surface area contributed by atoms with Crippen LogP contribution in [0.25, 0.3) is 0 Å². The summed E-state index contributed by atoms with van der Waals surface area (Å²) in [5, 5.41) is 4.28. The fraction of sp³-hybridized carbons (Fsp3) is 0.500. The predicted molar refractivity (Wildman–Crippen MR) is 96.1 cm³/mol.